The van der Waals surface area contributed by atoms with Crippen LogP contribution in [0.15, 0.2) is 30.6 Å². The normalized spacial score (nSPS) is 9.72. The van der Waals surface area contributed by atoms with E-state index in [0.717, 1.165) is 0 Å². The third kappa shape index (κ3) is 2.62. The van der Waals surface area contributed by atoms with Crippen molar-refractivity contribution < 1.29 is 9.90 Å². The van der Waals surface area contributed by atoms with E-state index in [-0.39, 0.29) is 24.0 Å². The lowest BCUT2D eigenvalue weighted by Crippen LogP contribution is -2.19. The molecule has 1 aromatic heterocycles. The van der Waals surface area contributed by atoms with Gasteiger partial charge in [-0.25, -0.2) is 0 Å². The Balaban J connectivity index is 2.01. The molecule has 2 aromatic rings. The number of hydrogen-bond donors (Lipinski definition) is 2. The highest BCUT2D eigenvalue weighted by atomic mass is 16.3. The minimum atomic E-state index is -0.308. The molecule has 0 saturated carbocycles. The zero-order chi connectivity index (χ0) is 13.0. The predicted octanol–water partition coefficient (Wildman–Crippen LogP) is 0.494. The number of amides is 1. The topological polar surface area (TPSA) is 104 Å². The molecule has 7 heteroatoms. The summed E-state index contributed by atoms with van der Waals surface area (Å²) in [5.74, 6) is -0.105. The van der Waals surface area contributed by atoms with Crippen LogP contribution in [0.2, 0.25) is 0 Å². The Morgan fingerprint density at radius 3 is 2.83 bits per heavy atom. The first-order valence-electron chi connectivity index (χ1n) is 5.06. The average molecular weight is 243 g/mol. The van der Waals surface area contributed by atoms with Gasteiger partial charge in [0.25, 0.3) is 0 Å². The molecular weight excluding hydrogens is 234 g/mol. The summed E-state index contributed by atoms with van der Waals surface area (Å²) in [4.78, 5) is 11.7. The van der Waals surface area contributed by atoms with E-state index in [1.165, 1.54) is 23.0 Å². The van der Waals surface area contributed by atoms with Crippen LogP contribution in [-0.2, 0) is 11.3 Å². The Labute approximate surface area is 102 Å². The summed E-state index contributed by atoms with van der Waals surface area (Å²) in [5.41, 5.74) is 0.560. The molecule has 0 aliphatic heterocycles. The fourth-order valence-electron chi connectivity index (χ4n) is 1.36. The highest BCUT2D eigenvalue weighted by Crippen LogP contribution is 2.13. The van der Waals surface area contributed by atoms with Crippen molar-refractivity contribution in [2.24, 2.45) is 0 Å². The van der Waals surface area contributed by atoms with Gasteiger partial charge in [0.1, 0.15) is 24.7 Å². The van der Waals surface area contributed by atoms with E-state index in [1.807, 2.05) is 6.07 Å². The van der Waals surface area contributed by atoms with E-state index >= 15 is 0 Å². The van der Waals surface area contributed by atoms with Gasteiger partial charge in [-0.2, -0.15) is 5.26 Å². The number of phenolic OH excluding ortho intramolecular Hbond substituents is 1. The van der Waals surface area contributed by atoms with Crippen LogP contribution in [0, 0.1) is 11.3 Å². The number of carbonyl (C=O) groups is 1. The summed E-state index contributed by atoms with van der Waals surface area (Å²) < 4.78 is 1.34. The van der Waals surface area contributed by atoms with Crippen molar-refractivity contribution in [2.45, 2.75) is 6.54 Å². The van der Waals surface area contributed by atoms with Crippen LogP contribution in [0.5, 0.6) is 5.75 Å². The van der Waals surface area contributed by atoms with Crippen LogP contribution in [0.3, 0.4) is 0 Å². The van der Waals surface area contributed by atoms with Gasteiger partial charge >= 0.3 is 0 Å². The summed E-state index contributed by atoms with van der Waals surface area (Å²) in [6.45, 7) is -0.0449. The summed E-state index contributed by atoms with van der Waals surface area (Å²) in [6.07, 6.45) is 1.31. The molecular formula is C11H9N5O2. The Bertz CT molecular complexity index is 597. The molecule has 0 aliphatic rings. The summed E-state index contributed by atoms with van der Waals surface area (Å²) in [6, 6.07) is 7.91. The summed E-state index contributed by atoms with van der Waals surface area (Å²) in [7, 11) is 0. The molecule has 7 nitrogen and oxygen atoms in total. The maximum absolute atomic E-state index is 11.7. The molecule has 18 heavy (non-hydrogen) atoms. The van der Waals surface area contributed by atoms with Crippen LogP contribution in [0.4, 0.5) is 5.69 Å². The average Bonchev–Trinajstić information content (AvgIpc) is 2.79. The van der Waals surface area contributed by atoms with Crippen molar-refractivity contribution in [3.63, 3.8) is 0 Å². The van der Waals surface area contributed by atoms with E-state index in [2.05, 4.69) is 15.5 Å². The van der Waals surface area contributed by atoms with Gasteiger partial charge in [0.15, 0.2) is 0 Å². The molecule has 0 unspecified atom stereocenters. The number of aromatic nitrogens is 3. The number of rotatable bonds is 3. The van der Waals surface area contributed by atoms with Gasteiger partial charge in [-0.05, 0) is 24.3 Å². The lowest BCUT2D eigenvalue weighted by molar-refractivity contribution is -0.116. The maximum atomic E-state index is 11.7. The van der Waals surface area contributed by atoms with Gasteiger partial charge < -0.3 is 10.4 Å². The second-order valence-corrected chi connectivity index (χ2v) is 3.49. The van der Waals surface area contributed by atoms with Gasteiger partial charge in [0.05, 0.1) is 0 Å². The molecule has 0 fully saturated rings. The van der Waals surface area contributed by atoms with E-state index in [1.54, 1.807) is 12.1 Å². The SMILES string of the molecule is N#Cc1nncn1CC(=O)Nc1ccc(O)cc1. The van der Waals surface area contributed by atoms with E-state index in [4.69, 9.17) is 10.4 Å². The second-order valence-electron chi connectivity index (χ2n) is 3.49. The summed E-state index contributed by atoms with van der Waals surface area (Å²) >= 11 is 0. The fraction of sp³-hybridized carbons (Fsp3) is 0.0909. The van der Waals surface area contributed by atoms with E-state index in [0.29, 0.717) is 5.69 Å². The Hall–Kier alpha value is -2.88. The van der Waals surface area contributed by atoms with Gasteiger partial charge in [0.2, 0.25) is 11.7 Å². The first kappa shape index (κ1) is 11.6. The molecule has 0 saturated heterocycles. The van der Waals surface area contributed by atoms with Crippen molar-refractivity contribution in [3.8, 4) is 11.8 Å². The quantitative estimate of drug-likeness (QED) is 0.763. The number of nitrogens with one attached hydrogen (secondary N) is 1. The van der Waals surface area contributed by atoms with Crippen molar-refractivity contribution in [2.75, 3.05) is 5.32 Å². The number of hydrogen-bond acceptors (Lipinski definition) is 5. The molecule has 0 radical (unpaired) electrons. The minimum Gasteiger partial charge on any atom is -0.508 e. The number of benzene rings is 1. The van der Waals surface area contributed by atoms with E-state index < -0.39 is 0 Å². The van der Waals surface area contributed by atoms with Crippen LogP contribution in [0.1, 0.15) is 5.82 Å². The number of aromatic hydroxyl groups is 1. The fourth-order valence-corrected chi connectivity index (χ4v) is 1.36. The molecule has 0 spiro atoms. The first-order chi connectivity index (χ1) is 8.69. The number of nitriles is 1. The summed E-state index contributed by atoms with van der Waals surface area (Å²) in [5, 5.41) is 27.5. The van der Waals surface area contributed by atoms with Gasteiger partial charge in [0, 0.05) is 5.69 Å². The maximum Gasteiger partial charge on any atom is 0.244 e. The Kier molecular flexibility index (Phi) is 3.20. The minimum absolute atomic E-state index is 0.0449. The molecule has 0 atom stereocenters. The highest BCUT2D eigenvalue weighted by molar-refractivity contribution is 5.90. The van der Waals surface area contributed by atoms with E-state index in [9.17, 15) is 4.79 Å². The van der Waals surface area contributed by atoms with Crippen LogP contribution >= 0.6 is 0 Å². The lowest BCUT2D eigenvalue weighted by atomic mass is 10.3. The zero-order valence-corrected chi connectivity index (χ0v) is 9.24. The molecule has 2 N–H and O–H groups in total. The second kappa shape index (κ2) is 4.97. The predicted molar refractivity (Wildman–Crippen MR) is 61.5 cm³/mol. The number of phenols is 1. The van der Waals surface area contributed by atoms with Gasteiger partial charge in [-0.3, -0.25) is 9.36 Å². The third-order valence-electron chi connectivity index (χ3n) is 2.18. The smallest absolute Gasteiger partial charge is 0.244 e. The Morgan fingerprint density at radius 1 is 1.44 bits per heavy atom. The number of carbonyl (C=O) groups excluding carboxylic acids is 1. The monoisotopic (exact) mass is 243 g/mol. The van der Waals surface area contributed by atoms with Crippen molar-refractivity contribution in [1.82, 2.24) is 14.8 Å². The molecule has 0 aliphatic carbocycles. The van der Waals surface area contributed by atoms with Gasteiger partial charge in [-0.1, -0.05) is 0 Å². The Morgan fingerprint density at radius 2 is 2.17 bits per heavy atom. The number of anilines is 1. The van der Waals surface area contributed by atoms with Gasteiger partial charge in [-0.15, -0.1) is 10.2 Å². The molecule has 0 bridgehead atoms. The van der Waals surface area contributed by atoms with Crippen LogP contribution in [-0.4, -0.2) is 25.8 Å². The molecule has 2 rings (SSSR count). The molecule has 90 valence electrons. The molecule has 1 amide bonds. The third-order valence-corrected chi connectivity index (χ3v) is 2.18. The standard InChI is InChI=1S/C11H9N5O2/c12-5-10-15-13-7-16(10)6-11(18)14-8-1-3-9(17)4-2-8/h1-4,7,17H,6H2,(H,14,18). The van der Waals surface area contributed by atoms with Crippen LogP contribution < -0.4 is 5.32 Å². The van der Waals surface area contributed by atoms with Crippen molar-refractivity contribution in [1.29, 1.82) is 5.26 Å². The van der Waals surface area contributed by atoms with Crippen LogP contribution in [0.25, 0.3) is 0 Å². The molecule has 1 aromatic carbocycles. The first-order valence-corrected chi connectivity index (χ1v) is 5.06. The molecule has 1 heterocycles. The zero-order valence-electron chi connectivity index (χ0n) is 9.24. The lowest BCUT2D eigenvalue weighted by Gasteiger charge is -2.05. The largest absolute Gasteiger partial charge is 0.508 e. The van der Waals surface area contributed by atoms with Crippen molar-refractivity contribution in [3.05, 3.63) is 36.4 Å². The highest BCUT2D eigenvalue weighted by Gasteiger charge is 2.08. The van der Waals surface area contributed by atoms with Crippen molar-refractivity contribution >= 4 is 11.6 Å². The number of nitrogens with zero attached hydrogens (tertiary/aromatic N) is 4.